The van der Waals surface area contributed by atoms with E-state index in [0.29, 0.717) is 19.3 Å². The molecule has 0 aromatic rings. The van der Waals surface area contributed by atoms with E-state index >= 15 is 0 Å². The lowest BCUT2D eigenvalue weighted by molar-refractivity contribution is -0.151. The molecule has 0 bridgehead atoms. The molecular weight excluding hydrogens is 839 g/mol. The number of aliphatic hydroxyl groups excluding tert-OH is 2. The van der Waals surface area contributed by atoms with Gasteiger partial charge in [0, 0.05) is 6.42 Å². The van der Waals surface area contributed by atoms with Gasteiger partial charge in [0.15, 0.2) is 0 Å². The molecule has 0 heterocycles. The summed E-state index contributed by atoms with van der Waals surface area (Å²) in [5.74, 6) is -0.502. The lowest BCUT2D eigenvalue weighted by atomic mass is 10.0. The third-order valence-corrected chi connectivity index (χ3v) is 13.6. The molecule has 0 fully saturated rings. The molecule has 0 saturated carbocycles. The number of amides is 1. The summed E-state index contributed by atoms with van der Waals surface area (Å²) in [4.78, 5) is 26.3. The lowest BCUT2D eigenvalue weighted by Crippen LogP contribution is -2.46. The SMILES string of the molecule is CCCCC/C=C\C/C=C\C/C=C\CCCCCCC(=O)OC(CCCCC/C=C/CCCCCCCCCCC)CC(=O)NC(CO)C(O)CCCCCCCCCCCCCCCCCC. The van der Waals surface area contributed by atoms with Gasteiger partial charge in [-0.2, -0.15) is 0 Å². The molecule has 0 aliphatic carbocycles. The van der Waals surface area contributed by atoms with E-state index in [0.717, 1.165) is 89.9 Å². The third-order valence-electron chi connectivity index (χ3n) is 13.6. The molecule has 3 unspecified atom stereocenters. The van der Waals surface area contributed by atoms with Crippen LogP contribution in [0.5, 0.6) is 0 Å². The van der Waals surface area contributed by atoms with Crippen molar-refractivity contribution in [2.75, 3.05) is 6.61 Å². The second-order valence-corrected chi connectivity index (χ2v) is 20.4. The summed E-state index contributed by atoms with van der Waals surface area (Å²) in [5.41, 5.74) is 0. The van der Waals surface area contributed by atoms with Crippen LogP contribution in [-0.4, -0.2) is 46.9 Å². The van der Waals surface area contributed by atoms with Gasteiger partial charge in [0.25, 0.3) is 0 Å². The summed E-state index contributed by atoms with van der Waals surface area (Å²) in [6.45, 7) is 6.48. The number of ether oxygens (including phenoxy) is 1. The lowest BCUT2D eigenvalue weighted by Gasteiger charge is -2.24. The molecule has 68 heavy (non-hydrogen) atoms. The standard InChI is InChI=1S/C62H115NO5/c1-4-7-10-13-16-19-22-25-28-31-34-37-40-43-46-49-52-55-62(67)68-58(53-50-47-44-41-38-35-32-29-26-23-20-17-14-11-8-5-2)56-61(66)63-59(57-64)60(65)54-51-48-45-42-39-36-33-30-27-24-21-18-15-12-9-6-3/h16,19,25,28,34-35,37-38,58-60,64-65H,4-15,17-18,20-24,26-27,29-33,36,39-57H2,1-3H3,(H,63,66)/b19-16-,28-25-,37-34-,38-35+. The van der Waals surface area contributed by atoms with Crippen molar-refractivity contribution in [3.05, 3.63) is 48.6 Å². The maximum atomic E-state index is 13.3. The minimum Gasteiger partial charge on any atom is -0.462 e. The van der Waals surface area contributed by atoms with E-state index < -0.39 is 18.2 Å². The minimum atomic E-state index is -0.797. The summed E-state index contributed by atoms with van der Waals surface area (Å²) < 4.78 is 5.95. The summed E-state index contributed by atoms with van der Waals surface area (Å²) in [6.07, 6.45) is 68.9. The highest BCUT2D eigenvalue weighted by Crippen LogP contribution is 2.18. The number of aliphatic hydroxyl groups is 2. The molecule has 0 aromatic heterocycles. The first-order valence-corrected chi connectivity index (χ1v) is 29.9. The Morgan fingerprint density at radius 2 is 0.750 bits per heavy atom. The Hall–Kier alpha value is -2.18. The first-order valence-electron chi connectivity index (χ1n) is 29.9. The van der Waals surface area contributed by atoms with Gasteiger partial charge in [0.1, 0.15) is 6.10 Å². The van der Waals surface area contributed by atoms with E-state index in [-0.39, 0.29) is 24.9 Å². The highest BCUT2D eigenvalue weighted by Gasteiger charge is 2.24. The minimum absolute atomic E-state index is 0.0594. The van der Waals surface area contributed by atoms with E-state index in [1.165, 1.54) is 173 Å². The fourth-order valence-electron chi connectivity index (χ4n) is 9.08. The van der Waals surface area contributed by atoms with Crippen LogP contribution in [0.2, 0.25) is 0 Å². The number of rotatable bonds is 54. The van der Waals surface area contributed by atoms with Gasteiger partial charge in [-0.25, -0.2) is 0 Å². The molecule has 6 nitrogen and oxygen atoms in total. The number of hydrogen-bond donors (Lipinski definition) is 3. The second kappa shape index (κ2) is 55.7. The first kappa shape index (κ1) is 65.8. The van der Waals surface area contributed by atoms with Crippen molar-refractivity contribution < 1.29 is 24.5 Å². The zero-order valence-corrected chi connectivity index (χ0v) is 45.5. The van der Waals surface area contributed by atoms with Crippen LogP contribution in [0.15, 0.2) is 48.6 Å². The van der Waals surface area contributed by atoms with Crippen LogP contribution in [-0.2, 0) is 14.3 Å². The highest BCUT2D eigenvalue weighted by atomic mass is 16.5. The number of allylic oxidation sites excluding steroid dienone is 8. The van der Waals surface area contributed by atoms with Gasteiger partial charge >= 0.3 is 5.97 Å². The van der Waals surface area contributed by atoms with Gasteiger partial charge < -0.3 is 20.3 Å². The summed E-state index contributed by atoms with van der Waals surface area (Å²) >= 11 is 0. The van der Waals surface area contributed by atoms with Crippen molar-refractivity contribution in [3.63, 3.8) is 0 Å². The van der Waals surface area contributed by atoms with E-state index in [2.05, 4.69) is 74.7 Å². The normalized spacial score (nSPS) is 13.4. The van der Waals surface area contributed by atoms with Gasteiger partial charge in [-0.3, -0.25) is 9.59 Å². The number of unbranched alkanes of at least 4 members (excludes halogenated alkanes) is 34. The molecule has 1 amide bonds. The third kappa shape index (κ3) is 50.2. The maximum Gasteiger partial charge on any atom is 0.306 e. The number of nitrogens with one attached hydrogen (secondary N) is 1. The zero-order chi connectivity index (χ0) is 49.5. The Labute approximate surface area is 423 Å². The first-order chi connectivity index (χ1) is 33.5. The van der Waals surface area contributed by atoms with E-state index in [9.17, 15) is 19.8 Å². The molecular formula is C62H115NO5. The summed E-state index contributed by atoms with van der Waals surface area (Å²) in [7, 11) is 0. The smallest absolute Gasteiger partial charge is 0.306 e. The highest BCUT2D eigenvalue weighted by molar-refractivity contribution is 5.77. The topological polar surface area (TPSA) is 95.9 Å². The van der Waals surface area contributed by atoms with Gasteiger partial charge in [-0.05, 0) is 89.9 Å². The average Bonchev–Trinajstić information content (AvgIpc) is 3.33. The quantitative estimate of drug-likeness (QED) is 0.0321. The van der Waals surface area contributed by atoms with Crippen molar-refractivity contribution in [3.8, 4) is 0 Å². The predicted octanol–water partition coefficient (Wildman–Crippen LogP) is 18.6. The van der Waals surface area contributed by atoms with E-state index in [1.54, 1.807) is 0 Å². The molecule has 0 aliphatic rings. The fraction of sp³-hybridized carbons (Fsp3) is 0.839. The molecule has 0 radical (unpaired) electrons. The van der Waals surface area contributed by atoms with Crippen LogP contribution in [0, 0.1) is 0 Å². The molecule has 3 atom stereocenters. The van der Waals surface area contributed by atoms with E-state index in [1.807, 2.05) is 0 Å². The van der Waals surface area contributed by atoms with Gasteiger partial charge in [0.2, 0.25) is 5.91 Å². The maximum absolute atomic E-state index is 13.3. The van der Waals surface area contributed by atoms with Crippen molar-refractivity contribution in [2.24, 2.45) is 0 Å². The van der Waals surface area contributed by atoms with Crippen molar-refractivity contribution in [1.82, 2.24) is 5.32 Å². The molecule has 0 aromatic carbocycles. The number of carbonyl (C=O) groups excluding carboxylic acids is 2. The second-order valence-electron chi connectivity index (χ2n) is 20.4. The molecule has 0 saturated heterocycles. The molecule has 0 aliphatic heterocycles. The van der Waals surface area contributed by atoms with Crippen LogP contribution < -0.4 is 5.32 Å². The monoisotopic (exact) mass is 954 g/mol. The van der Waals surface area contributed by atoms with Crippen LogP contribution in [0.25, 0.3) is 0 Å². The zero-order valence-electron chi connectivity index (χ0n) is 45.5. The van der Waals surface area contributed by atoms with E-state index in [4.69, 9.17) is 4.74 Å². The van der Waals surface area contributed by atoms with Crippen molar-refractivity contribution in [1.29, 1.82) is 0 Å². The summed E-state index contributed by atoms with van der Waals surface area (Å²) in [5, 5.41) is 23.9. The Bertz CT molecular complexity index is 1160. The molecule has 6 heteroatoms. The molecule has 398 valence electrons. The summed E-state index contributed by atoms with van der Waals surface area (Å²) in [6, 6.07) is -0.712. The number of esters is 1. The molecule has 0 rings (SSSR count). The van der Waals surface area contributed by atoms with Gasteiger partial charge in [-0.1, -0.05) is 256 Å². The Morgan fingerprint density at radius 1 is 0.426 bits per heavy atom. The van der Waals surface area contributed by atoms with Crippen molar-refractivity contribution >= 4 is 11.9 Å². The molecule has 3 N–H and O–H groups in total. The van der Waals surface area contributed by atoms with Crippen LogP contribution >= 0.6 is 0 Å². The van der Waals surface area contributed by atoms with Crippen LogP contribution in [0.3, 0.4) is 0 Å². The average molecular weight is 955 g/mol. The van der Waals surface area contributed by atoms with Gasteiger partial charge in [0.05, 0.1) is 25.2 Å². The van der Waals surface area contributed by atoms with Crippen LogP contribution in [0.1, 0.15) is 310 Å². The Balaban J connectivity index is 4.60. The largest absolute Gasteiger partial charge is 0.462 e. The van der Waals surface area contributed by atoms with Gasteiger partial charge in [-0.15, -0.1) is 0 Å². The number of hydrogen-bond acceptors (Lipinski definition) is 5. The molecule has 0 spiro atoms. The fourth-order valence-corrected chi connectivity index (χ4v) is 9.08. The predicted molar refractivity (Wildman–Crippen MR) is 296 cm³/mol. The Morgan fingerprint density at radius 3 is 1.19 bits per heavy atom. The van der Waals surface area contributed by atoms with Crippen molar-refractivity contribution in [2.45, 2.75) is 328 Å². The Kier molecular flexibility index (Phi) is 54.0. The van der Waals surface area contributed by atoms with Crippen LogP contribution in [0.4, 0.5) is 0 Å². The number of carbonyl (C=O) groups is 2.